The molecule has 2 rings (SSSR count). The van der Waals surface area contributed by atoms with E-state index in [1.54, 1.807) is 0 Å². The zero-order valence-electron chi connectivity index (χ0n) is 13.7. The number of hydrogen-bond acceptors (Lipinski definition) is 3. The lowest BCUT2D eigenvalue weighted by atomic mass is 10.3. The van der Waals surface area contributed by atoms with Gasteiger partial charge in [0.1, 0.15) is 11.3 Å². The van der Waals surface area contributed by atoms with Crippen LogP contribution in [0.4, 0.5) is 0 Å². The smallest absolute Gasteiger partial charge is 0.158 e. The summed E-state index contributed by atoms with van der Waals surface area (Å²) in [5.74, 6) is 1.67. The highest BCUT2D eigenvalue weighted by Gasteiger charge is 2.17. The SMILES string of the molecule is Cc1nn(C)c2c1nc(CCCl)n2CCCN(C)C(C)C. The highest BCUT2D eigenvalue weighted by atomic mass is 35.5. The highest BCUT2D eigenvalue weighted by Crippen LogP contribution is 2.20. The summed E-state index contributed by atoms with van der Waals surface area (Å²) in [5, 5.41) is 4.47. The first-order chi connectivity index (χ1) is 9.95. The Kier molecular flexibility index (Phi) is 5.27. The molecule has 0 bridgehead atoms. The summed E-state index contributed by atoms with van der Waals surface area (Å²) < 4.78 is 4.22. The van der Waals surface area contributed by atoms with E-state index in [0.29, 0.717) is 11.9 Å². The fourth-order valence-electron chi connectivity index (χ4n) is 2.63. The molecule has 0 unspecified atom stereocenters. The molecule has 0 aliphatic carbocycles. The van der Waals surface area contributed by atoms with Crippen LogP contribution in [0.15, 0.2) is 0 Å². The van der Waals surface area contributed by atoms with Crippen molar-refractivity contribution in [2.75, 3.05) is 19.5 Å². The maximum absolute atomic E-state index is 5.92. The maximum Gasteiger partial charge on any atom is 0.158 e. The molecule has 0 aromatic carbocycles. The van der Waals surface area contributed by atoms with Crippen molar-refractivity contribution >= 4 is 22.8 Å². The second-order valence-corrected chi connectivity index (χ2v) is 6.31. The number of rotatable bonds is 7. The van der Waals surface area contributed by atoms with E-state index in [1.807, 2.05) is 18.7 Å². The molecule has 6 heteroatoms. The van der Waals surface area contributed by atoms with Gasteiger partial charge in [0.2, 0.25) is 0 Å². The molecule has 0 radical (unpaired) electrons. The van der Waals surface area contributed by atoms with Gasteiger partial charge in [0, 0.05) is 31.9 Å². The van der Waals surface area contributed by atoms with Crippen molar-refractivity contribution in [1.29, 1.82) is 0 Å². The summed E-state index contributed by atoms with van der Waals surface area (Å²) in [6.07, 6.45) is 1.90. The Morgan fingerprint density at radius 1 is 1.33 bits per heavy atom. The lowest BCUT2D eigenvalue weighted by Gasteiger charge is -2.21. The Hall–Kier alpha value is -1.07. The molecule has 0 aliphatic rings. The topological polar surface area (TPSA) is 38.9 Å². The first-order valence-corrected chi connectivity index (χ1v) is 8.14. The number of nitrogens with zero attached hydrogens (tertiary/aromatic N) is 5. The van der Waals surface area contributed by atoms with E-state index in [4.69, 9.17) is 16.6 Å². The summed E-state index contributed by atoms with van der Waals surface area (Å²) in [6.45, 7) is 8.49. The molecule has 2 aromatic rings. The molecule has 0 atom stereocenters. The van der Waals surface area contributed by atoms with E-state index in [-0.39, 0.29) is 0 Å². The molecule has 0 aliphatic heterocycles. The van der Waals surface area contributed by atoms with Crippen LogP contribution in [0.5, 0.6) is 0 Å². The predicted octanol–water partition coefficient (Wildman–Crippen LogP) is 2.59. The predicted molar refractivity (Wildman–Crippen MR) is 88.0 cm³/mol. The molecule has 0 spiro atoms. The van der Waals surface area contributed by atoms with Crippen LogP contribution in [0, 0.1) is 6.92 Å². The first kappa shape index (κ1) is 16.3. The van der Waals surface area contributed by atoms with E-state index in [0.717, 1.165) is 48.6 Å². The van der Waals surface area contributed by atoms with Crippen molar-refractivity contribution in [2.24, 2.45) is 7.05 Å². The Bertz CT molecular complexity index is 599. The van der Waals surface area contributed by atoms with Gasteiger partial charge in [-0.25, -0.2) is 4.98 Å². The highest BCUT2D eigenvalue weighted by molar-refractivity contribution is 6.17. The fraction of sp³-hybridized carbons (Fsp3) is 0.733. The van der Waals surface area contributed by atoms with Gasteiger partial charge >= 0.3 is 0 Å². The van der Waals surface area contributed by atoms with E-state index in [9.17, 15) is 0 Å². The number of fused-ring (bicyclic) bond motifs is 1. The van der Waals surface area contributed by atoms with Crippen molar-refractivity contribution < 1.29 is 0 Å². The van der Waals surface area contributed by atoms with Crippen molar-refractivity contribution in [2.45, 2.75) is 46.2 Å². The number of alkyl halides is 1. The maximum atomic E-state index is 5.92. The zero-order chi connectivity index (χ0) is 15.6. The van der Waals surface area contributed by atoms with Crippen LogP contribution in [0.25, 0.3) is 11.2 Å². The van der Waals surface area contributed by atoms with Crippen LogP contribution < -0.4 is 0 Å². The summed E-state index contributed by atoms with van der Waals surface area (Å²) in [4.78, 5) is 7.10. The van der Waals surface area contributed by atoms with Gasteiger partial charge in [-0.1, -0.05) is 0 Å². The average molecular weight is 312 g/mol. The van der Waals surface area contributed by atoms with Crippen molar-refractivity contribution in [3.05, 3.63) is 11.5 Å². The van der Waals surface area contributed by atoms with Gasteiger partial charge in [-0.05, 0) is 40.8 Å². The van der Waals surface area contributed by atoms with Gasteiger partial charge in [0.25, 0.3) is 0 Å². The molecule has 0 saturated heterocycles. The minimum atomic E-state index is 0.578. The molecule has 21 heavy (non-hydrogen) atoms. The van der Waals surface area contributed by atoms with Gasteiger partial charge < -0.3 is 9.47 Å². The molecule has 2 heterocycles. The molecule has 0 fully saturated rings. The summed E-state index contributed by atoms with van der Waals surface area (Å²) in [7, 11) is 4.15. The van der Waals surface area contributed by atoms with E-state index >= 15 is 0 Å². The first-order valence-electron chi connectivity index (χ1n) is 7.60. The third-order valence-corrected chi connectivity index (χ3v) is 4.25. The standard InChI is InChI=1S/C15H26ClN5/c1-11(2)19(4)9-6-10-21-13(7-8-16)17-14-12(3)18-20(5)15(14)21/h11H,6-10H2,1-5H3. The van der Waals surface area contributed by atoms with Crippen LogP contribution in [0.3, 0.4) is 0 Å². The average Bonchev–Trinajstić information content (AvgIpc) is 2.90. The number of hydrogen-bond donors (Lipinski definition) is 0. The largest absolute Gasteiger partial charge is 0.313 e. The molecule has 2 aromatic heterocycles. The molecule has 0 amide bonds. The van der Waals surface area contributed by atoms with Gasteiger partial charge in [0.15, 0.2) is 5.65 Å². The second kappa shape index (κ2) is 6.79. The third kappa shape index (κ3) is 3.40. The quantitative estimate of drug-likeness (QED) is 0.738. The second-order valence-electron chi connectivity index (χ2n) is 5.93. The molecular weight excluding hydrogens is 286 g/mol. The number of imidazole rings is 1. The van der Waals surface area contributed by atoms with Crippen LogP contribution in [0.2, 0.25) is 0 Å². The van der Waals surface area contributed by atoms with Crippen LogP contribution in [-0.4, -0.2) is 49.7 Å². The van der Waals surface area contributed by atoms with Crippen molar-refractivity contribution in [3.63, 3.8) is 0 Å². The van der Waals surface area contributed by atoms with Crippen LogP contribution >= 0.6 is 11.6 Å². The number of aromatic nitrogens is 4. The summed E-state index contributed by atoms with van der Waals surface area (Å²) in [6, 6.07) is 0.578. The van der Waals surface area contributed by atoms with E-state index in [1.165, 1.54) is 0 Å². The van der Waals surface area contributed by atoms with Crippen molar-refractivity contribution in [3.8, 4) is 0 Å². The molecular formula is C15H26ClN5. The molecule has 0 N–H and O–H groups in total. The summed E-state index contributed by atoms with van der Waals surface area (Å²) >= 11 is 5.92. The minimum absolute atomic E-state index is 0.578. The third-order valence-electron chi connectivity index (χ3n) is 4.06. The Labute approximate surface area is 131 Å². The number of aryl methyl sites for hydroxylation is 4. The normalized spacial score (nSPS) is 12.2. The van der Waals surface area contributed by atoms with Gasteiger partial charge in [-0.15, -0.1) is 11.6 Å². The van der Waals surface area contributed by atoms with E-state index < -0.39 is 0 Å². The lowest BCUT2D eigenvalue weighted by molar-refractivity contribution is 0.265. The zero-order valence-corrected chi connectivity index (χ0v) is 14.5. The van der Waals surface area contributed by atoms with Crippen molar-refractivity contribution in [1.82, 2.24) is 24.2 Å². The Morgan fingerprint density at radius 3 is 2.67 bits per heavy atom. The molecule has 5 nitrogen and oxygen atoms in total. The molecule has 118 valence electrons. The van der Waals surface area contributed by atoms with Crippen LogP contribution in [-0.2, 0) is 20.0 Å². The fourth-order valence-corrected chi connectivity index (χ4v) is 2.80. The minimum Gasteiger partial charge on any atom is -0.313 e. The Balaban J connectivity index is 2.22. The molecule has 0 saturated carbocycles. The number of halogens is 1. The van der Waals surface area contributed by atoms with E-state index in [2.05, 4.69) is 35.5 Å². The van der Waals surface area contributed by atoms with Crippen LogP contribution in [0.1, 0.15) is 31.8 Å². The Morgan fingerprint density at radius 2 is 2.05 bits per heavy atom. The van der Waals surface area contributed by atoms with Gasteiger partial charge in [-0.2, -0.15) is 5.10 Å². The van der Waals surface area contributed by atoms with Gasteiger partial charge in [-0.3, -0.25) is 4.68 Å². The monoisotopic (exact) mass is 311 g/mol. The van der Waals surface area contributed by atoms with Gasteiger partial charge in [0.05, 0.1) is 5.69 Å². The lowest BCUT2D eigenvalue weighted by Crippen LogP contribution is -2.28. The summed E-state index contributed by atoms with van der Waals surface area (Å²) in [5.41, 5.74) is 3.11.